The van der Waals surface area contributed by atoms with Crippen LogP contribution in [-0.2, 0) is 11.2 Å². The van der Waals surface area contributed by atoms with Crippen molar-refractivity contribution >= 4 is 11.5 Å². The van der Waals surface area contributed by atoms with Crippen molar-refractivity contribution in [1.82, 2.24) is 30.4 Å². The van der Waals surface area contributed by atoms with Crippen molar-refractivity contribution in [2.75, 3.05) is 44.6 Å². The Morgan fingerprint density at radius 3 is 2.44 bits per heavy atom. The number of hydrogen-bond acceptors (Lipinski definition) is 7. The van der Waals surface area contributed by atoms with Crippen LogP contribution >= 0.6 is 0 Å². The summed E-state index contributed by atoms with van der Waals surface area (Å²) < 4.78 is 0. The van der Waals surface area contributed by atoms with Gasteiger partial charge in [-0.1, -0.05) is 30.7 Å². The van der Waals surface area contributed by atoms with E-state index in [-0.39, 0.29) is 17.6 Å². The second kappa shape index (κ2) is 12.1. The first kappa shape index (κ1) is 24.3. The molecule has 1 aromatic carbocycles. The van der Waals surface area contributed by atoms with Crippen molar-refractivity contribution in [2.45, 2.75) is 58.9 Å². The maximum Gasteiger partial charge on any atom is 0.178 e. The minimum Gasteiger partial charge on any atom is -0.384 e. The van der Waals surface area contributed by atoms with E-state index in [1.54, 1.807) is 6.92 Å². The summed E-state index contributed by atoms with van der Waals surface area (Å²) in [5, 5.41) is 18.2. The zero-order valence-corrected chi connectivity index (χ0v) is 20.0. The van der Waals surface area contributed by atoms with Crippen molar-refractivity contribution in [3.8, 4) is 0 Å². The maximum absolute atomic E-state index is 12.3. The summed E-state index contributed by atoms with van der Waals surface area (Å²) in [6, 6.07) is 9.17. The zero-order valence-electron chi connectivity index (χ0n) is 20.0. The lowest BCUT2D eigenvalue weighted by Gasteiger charge is -2.36. The van der Waals surface area contributed by atoms with E-state index in [1.807, 2.05) is 0 Å². The van der Waals surface area contributed by atoms with Crippen molar-refractivity contribution < 1.29 is 4.79 Å². The number of H-pyrrole nitrogens is 1. The van der Waals surface area contributed by atoms with E-state index in [2.05, 4.69) is 80.8 Å². The molecule has 1 saturated heterocycles. The van der Waals surface area contributed by atoms with Gasteiger partial charge in [-0.15, -0.1) is 10.2 Å². The van der Waals surface area contributed by atoms with Gasteiger partial charge in [-0.3, -0.25) is 14.6 Å². The molecule has 2 heterocycles. The molecule has 1 aromatic heterocycles. The van der Waals surface area contributed by atoms with Crippen LogP contribution in [0.5, 0.6) is 0 Å². The highest BCUT2D eigenvalue weighted by Crippen LogP contribution is 2.30. The van der Waals surface area contributed by atoms with E-state index < -0.39 is 0 Å². The number of ketones is 1. The van der Waals surface area contributed by atoms with Gasteiger partial charge in [0.05, 0.1) is 0 Å². The van der Waals surface area contributed by atoms with Gasteiger partial charge >= 0.3 is 0 Å². The molecule has 0 amide bonds. The monoisotopic (exact) mass is 441 g/mol. The number of hydrogen-bond donors (Lipinski definition) is 2. The number of tetrazole rings is 1. The lowest BCUT2D eigenvalue weighted by molar-refractivity contribution is -0.121. The van der Waals surface area contributed by atoms with Crippen molar-refractivity contribution in [2.24, 2.45) is 5.92 Å². The van der Waals surface area contributed by atoms with Crippen LogP contribution in [0.3, 0.4) is 0 Å². The van der Waals surface area contributed by atoms with Crippen LogP contribution in [0.15, 0.2) is 24.3 Å². The van der Waals surface area contributed by atoms with Gasteiger partial charge in [0, 0.05) is 62.8 Å². The fraction of sp³-hybridized carbons (Fsp3) is 0.667. The maximum atomic E-state index is 12.3. The van der Waals surface area contributed by atoms with E-state index in [1.165, 1.54) is 5.56 Å². The number of carbonyl (C=O) groups is 1. The molecule has 2 aromatic rings. The Morgan fingerprint density at radius 1 is 1.16 bits per heavy atom. The average molecular weight is 442 g/mol. The predicted molar refractivity (Wildman–Crippen MR) is 128 cm³/mol. The Balaban J connectivity index is 1.52. The number of rotatable bonds is 12. The number of aromatic nitrogens is 4. The summed E-state index contributed by atoms with van der Waals surface area (Å²) in [5.74, 6) is 0.661. The number of nitrogens with one attached hydrogen (secondary N) is 2. The van der Waals surface area contributed by atoms with E-state index in [4.69, 9.17) is 0 Å². The summed E-state index contributed by atoms with van der Waals surface area (Å²) in [7, 11) is 0. The van der Waals surface area contributed by atoms with Gasteiger partial charge in [0.1, 0.15) is 5.78 Å². The minimum absolute atomic E-state index is 0.0606. The number of anilines is 1. The number of carbonyl (C=O) groups excluding carboxylic acids is 1. The number of benzene rings is 1. The highest BCUT2D eigenvalue weighted by molar-refractivity contribution is 5.79. The zero-order chi connectivity index (χ0) is 22.9. The Hall–Kier alpha value is -2.32. The molecule has 1 aliphatic heterocycles. The predicted octanol–water partition coefficient (Wildman–Crippen LogP) is 2.97. The SMILES string of the molecule is CCC[C@H](C(C)=O)[C@H](Cc1ccc(NCCN2CCN(C(C)C)CC2)cc1)c1nn[nH]n1. The number of aromatic amines is 1. The molecular formula is C24H39N7O. The summed E-state index contributed by atoms with van der Waals surface area (Å²) >= 11 is 0. The summed E-state index contributed by atoms with van der Waals surface area (Å²) in [4.78, 5) is 17.4. The standard InChI is InChI=1S/C24H39N7O/c1-5-6-22(19(4)32)23(24-26-28-29-27-24)17-20-7-9-21(10-8-20)25-11-12-30-13-15-31(16-14-30)18(2)3/h7-10,18,22-23,25H,5-6,11-17H2,1-4H3,(H,26,27,28,29)/t22-,23+/m1/s1. The van der Waals surface area contributed by atoms with E-state index in [0.29, 0.717) is 11.9 Å². The number of piperazine rings is 1. The molecule has 3 rings (SSSR count). The number of Topliss-reactive ketones (excluding diaryl/α,β-unsaturated/α-hetero) is 1. The lowest BCUT2D eigenvalue weighted by Crippen LogP contribution is -2.49. The fourth-order valence-electron chi connectivity index (χ4n) is 4.61. The molecule has 0 unspecified atom stereocenters. The quantitative estimate of drug-likeness (QED) is 0.523. The molecular weight excluding hydrogens is 402 g/mol. The molecule has 0 radical (unpaired) electrons. The van der Waals surface area contributed by atoms with Gasteiger partial charge in [-0.2, -0.15) is 5.21 Å². The summed E-state index contributed by atoms with van der Waals surface area (Å²) in [6.45, 7) is 14.9. The molecule has 1 fully saturated rings. The molecule has 8 nitrogen and oxygen atoms in total. The smallest absolute Gasteiger partial charge is 0.178 e. The van der Waals surface area contributed by atoms with Crippen molar-refractivity contribution in [1.29, 1.82) is 0 Å². The molecule has 0 aliphatic carbocycles. The first-order valence-electron chi connectivity index (χ1n) is 12.0. The second-order valence-corrected chi connectivity index (χ2v) is 9.18. The van der Waals surface area contributed by atoms with Crippen LogP contribution < -0.4 is 5.32 Å². The first-order valence-corrected chi connectivity index (χ1v) is 12.0. The van der Waals surface area contributed by atoms with Gasteiger partial charge in [-0.25, -0.2) is 0 Å². The van der Waals surface area contributed by atoms with Gasteiger partial charge < -0.3 is 5.32 Å². The molecule has 8 heteroatoms. The Bertz CT molecular complexity index is 798. The van der Waals surface area contributed by atoms with Crippen LogP contribution in [0.25, 0.3) is 0 Å². The third-order valence-electron chi connectivity index (χ3n) is 6.60. The molecule has 0 saturated carbocycles. The highest BCUT2D eigenvalue weighted by atomic mass is 16.1. The molecule has 176 valence electrons. The summed E-state index contributed by atoms with van der Waals surface area (Å²) in [6.07, 6.45) is 2.51. The van der Waals surface area contributed by atoms with Gasteiger partial charge in [0.2, 0.25) is 0 Å². The normalized spacial score (nSPS) is 17.4. The van der Waals surface area contributed by atoms with Gasteiger partial charge in [-0.05, 0) is 51.3 Å². The molecule has 1 aliphatic rings. The average Bonchev–Trinajstić information content (AvgIpc) is 3.32. The lowest BCUT2D eigenvalue weighted by atomic mass is 9.81. The topological polar surface area (TPSA) is 90.0 Å². The van der Waals surface area contributed by atoms with Crippen molar-refractivity contribution in [3.05, 3.63) is 35.7 Å². The van der Waals surface area contributed by atoms with E-state index >= 15 is 0 Å². The molecule has 0 bridgehead atoms. The van der Waals surface area contributed by atoms with Crippen LogP contribution in [0, 0.1) is 5.92 Å². The third-order valence-corrected chi connectivity index (χ3v) is 6.60. The Morgan fingerprint density at radius 2 is 1.88 bits per heavy atom. The molecule has 2 atom stereocenters. The molecule has 32 heavy (non-hydrogen) atoms. The van der Waals surface area contributed by atoms with E-state index in [9.17, 15) is 4.79 Å². The highest BCUT2D eigenvalue weighted by Gasteiger charge is 2.29. The van der Waals surface area contributed by atoms with Crippen LogP contribution in [-0.4, -0.2) is 81.5 Å². The first-order chi connectivity index (χ1) is 15.5. The summed E-state index contributed by atoms with van der Waals surface area (Å²) in [5.41, 5.74) is 2.31. The fourth-order valence-corrected chi connectivity index (χ4v) is 4.61. The Kier molecular flexibility index (Phi) is 9.17. The number of nitrogens with zero attached hydrogens (tertiary/aromatic N) is 5. The Labute approximate surface area is 192 Å². The largest absolute Gasteiger partial charge is 0.384 e. The second-order valence-electron chi connectivity index (χ2n) is 9.18. The van der Waals surface area contributed by atoms with Crippen molar-refractivity contribution in [3.63, 3.8) is 0 Å². The third kappa shape index (κ3) is 6.84. The van der Waals surface area contributed by atoms with Gasteiger partial charge in [0.15, 0.2) is 5.82 Å². The molecule has 0 spiro atoms. The van der Waals surface area contributed by atoms with Gasteiger partial charge in [0.25, 0.3) is 0 Å². The van der Waals surface area contributed by atoms with E-state index in [0.717, 1.165) is 64.2 Å². The van der Waals surface area contributed by atoms with Crippen LogP contribution in [0.1, 0.15) is 57.8 Å². The van der Waals surface area contributed by atoms with Crippen LogP contribution in [0.2, 0.25) is 0 Å². The van der Waals surface area contributed by atoms with Crippen LogP contribution in [0.4, 0.5) is 5.69 Å². The minimum atomic E-state index is -0.0911. The molecule has 2 N–H and O–H groups in total.